The first kappa shape index (κ1) is 21.6. The number of benzene rings is 2. The predicted molar refractivity (Wildman–Crippen MR) is 112 cm³/mol. The molecule has 2 aromatic rings. The highest BCUT2D eigenvalue weighted by atomic mass is 32.2. The van der Waals surface area contributed by atoms with Crippen LogP contribution in [0.1, 0.15) is 30.0 Å². The summed E-state index contributed by atoms with van der Waals surface area (Å²) in [5.41, 5.74) is 3.76. The van der Waals surface area contributed by atoms with Gasteiger partial charge in [-0.05, 0) is 56.0 Å². The summed E-state index contributed by atoms with van der Waals surface area (Å²) < 4.78 is 25.4. The number of para-hydroxylation sites is 1. The minimum absolute atomic E-state index is 0.0802. The molecule has 0 saturated heterocycles. The molecular weight excluding hydrogens is 376 g/mol. The van der Waals surface area contributed by atoms with Gasteiger partial charge in [-0.15, -0.1) is 0 Å². The Labute approximate surface area is 166 Å². The van der Waals surface area contributed by atoms with E-state index in [1.807, 2.05) is 45.0 Å². The van der Waals surface area contributed by atoms with Crippen molar-refractivity contribution in [3.8, 4) is 0 Å². The standard InChI is InChI=1S/C21H26N2O4S/c1-5-18(21(25)23-20-15(3)9-7-10-16(20)4)28(26,27)13-19(24)22-17-11-6-8-14(2)12-17/h6-12,18H,5,13H2,1-4H3,(H,22,24)(H,23,25). The smallest absolute Gasteiger partial charge is 0.242 e. The largest absolute Gasteiger partial charge is 0.325 e. The maximum absolute atomic E-state index is 12.7. The van der Waals surface area contributed by atoms with E-state index in [1.165, 1.54) is 0 Å². The van der Waals surface area contributed by atoms with Gasteiger partial charge in [0.1, 0.15) is 11.0 Å². The molecule has 0 aromatic heterocycles. The highest BCUT2D eigenvalue weighted by molar-refractivity contribution is 7.93. The lowest BCUT2D eigenvalue weighted by molar-refractivity contribution is -0.115. The number of anilines is 2. The third-order valence-corrected chi connectivity index (χ3v) is 6.54. The Balaban J connectivity index is 2.12. The minimum atomic E-state index is -3.97. The highest BCUT2D eigenvalue weighted by Crippen LogP contribution is 2.21. The molecule has 2 N–H and O–H groups in total. The zero-order valence-electron chi connectivity index (χ0n) is 16.6. The molecule has 2 amide bonds. The van der Waals surface area contributed by atoms with Crippen LogP contribution < -0.4 is 10.6 Å². The second-order valence-electron chi connectivity index (χ2n) is 6.88. The summed E-state index contributed by atoms with van der Waals surface area (Å²) in [6, 6.07) is 12.6. The van der Waals surface area contributed by atoms with Gasteiger partial charge in [-0.1, -0.05) is 37.3 Å². The Kier molecular flexibility index (Phi) is 6.96. The topological polar surface area (TPSA) is 92.3 Å². The van der Waals surface area contributed by atoms with Crippen LogP contribution in [0.3, 0.4) is 0 Å². The summed E-state index contributed by atoms with van der Waals surface area (Å²) in [7, 11) is -3.97. The van der Waals surface area contributed by atoms with Gasteiger partial charge in [0.05, 0.1) is 0 Å². The van der Waals surface area contributed by atoms with E-state index < -0.39 is 32.7 Å². The number of hydrogen-bond acceptors (Lipinski definition) is 4. The average molecular weight is 403 g/mol. The van der Waals surface area contributed by atoms with Crippen LogP contribution in [-0.2, 0) is 19.4 Å². The van der Waals surface area contributed by atoms with Gasteiger partial charge in [-0.3, -0.25) is 9.59 Å². The van der Waals surface area contributed by atoms with Crippen molar-refractivity contribution in [2.75, 3.05) is 16.4 Å². The lowest BCUT2D eigenvalue weighted by Crippen LogP contribution is -2.39. The normalized spacial score (nSPS) is 12.3. The number of amides is 2. The van der Waals surface area contributed by atoms with Crippen molar-refractivity contribution in [3.63, 3.8) is 0 Å². The molecule has 2 rings (SSSR count). The summed E-state index contributed by atoms with van der Waals surface area (Å²) in [5, 5.41) is 3.99. The van der Waals surface area contributed by atoms with Crippen LogP contribution in [-0.4, -0.2) is 31.2 Å². The number of nitrogens with one attached hydrogen (secondary N) is 2. The van der Waals surface area contributed by atoms with E-state index in [0.29, 0.717) is 11.4 Å². The summed E-state index contributed by atoms with van der Waals surface area (Å²) in [5.74, 6) is -2.04. The zero-order chi connectivity index (χ0) is 20.9. The van der Waals surface area contributed by atoms with Crippen LogP contribution in [0.25, 0.3) is 0 Å². The zero-order valence-corrected chi connectivity index (χ0v) is 17.4. The molecule has 0 radical (unpaired) electrons. The maximum Gasteiger partial charge on any atom is 0.242 e. The second-order valence-corrected chi connectivity index (χ2v) is 9.06. The van der Waals surface area contributed by atoms with Crippen molar-refractivity contribution >= 4 is 33.0 Å². The number of carbonyl (C=O) groups excluding carboxylic acids is 2. The highest BCUT2D eigenvalue weighted by Gasteiger charge is 2.33. The van der Waals surface area contributed by atoms with Crippen LogP contribution in [0.4, 0.5) is 11.4 Å². The molecule has 0 bridgehead atoms. The number of rotatable bonds is 7. The number of aryl methyl sites for hydroxylation is 3. The summed E-state index contributed by atoms with van der Waals surface area (Å²) in [6.07, 6.45) is 0.0802. The van der Waals surface area contributed by atoms with Gasteiger partial charge >= 0.3 is 0 Å². The van der Waals surface area contributed by atoms with Crippen LogP contribution >= 0.6 is 0 Å². The predicted octanol–water partition coefficient (Wildman–Crippen LogP) is 3.38. The van der Waals surface area contributed by atoms with Gasteiger partial charge < -0.3 is 10.6 Å². The Morgan fingerprint density at radius 3 is 2.14 bits per heavy atom. The first-order valence-electron chi connectivity index (χ1n) is 9.09. The van der Waals surface area contributed by atoms with Gasteiger partial charge in [-0.25, -0.2) is 8.42 Å². The van der Waals surface area contributed by atoms with E-state index in [9.17, 15) is 18.0 Å². The van der Waals surface area contributed by atoms with E-state index in [4.69, 9.17) is 0 Å². The van der Waals surface area contributed by atoms with Crippen LogP contribution in [0.5, 0.6) is 0 Å². The fourth-order valence-corrected chi connectivity index (χ4v) is 4.55. The van der Waals surface area contributed by atoms with Crippen LogP contribution in [0, 0.1) is 20.8 Å². The molecule has 0 aliphatic heterocycles. The quantitative estimate of drug-likeness (QED) is 0.743. The number of hydrogen-bond donors (Lipinski definition) is 2. The van der Waals surface area contributed by atoms with E-state index in [0.717, 1.165) is 16.7 Å². The van der Waals surface area contributed by atoms with Crippen molar-refractivity contribution in [3.05, 3.63) is 59.2 Å². The van der Waals surface area contributed by atoms with Crippen molar-refractivity contribution in [1.29, 1.82) is 0 Å². The molecule has 0 aliphatic rings. The third kappa shape index (κ3) is 5.42. The lowest BCUT2D eigenvalue weighted by atomic mass is 10.1. The molecule has 1 unspecified atom stereocenters. The molecule has 0 fully saturated rings. The molecule has 7 heteroatoms. The van der Waals surface area contributed by atoms with Gasteiger partial charge in [0, 0.05) is 11.4 Å². The van der Waals surface area contributed by atoms with Gasteiger partial charge in [0.25, 0.3) is 0 Å². The van der Waals surface area contributed by atoms with Crippen molar-refractivity contribution in [2.24, 2.45) is 0 Å². The summed E-state index contributed by atoms with van der Waals surface area (Å²) in [4.78, 5) is 24.9. The van der Waals surface area contributed by atoms with Crippen molar-refractivity contribution < 1.29 is 18.0 Å². The molecule has 1 atom stereocenters. The van der Waals surface area contributed by atoms with Gasteiger partial charge in [0.2, 0.25) is 11.8 Å². The maximum atomic E-state index is 12.7. The molecule has 0 heterocycles. The Hall–Kier alpha value is -2.67. The second kappa shape index (κ2) is 9.01. The molecule has 0 aliphatic carbocycles. The fourth-order valence-electron chi connectivity index (χ4n) is 3.02. The average Bonchev–Trinajstić information content (AvgIpc) is 2.58. The SMILES string of the molecule is CCC(C(=O)Nc1c(C)cccc1C)S(=O)(=O)CC(=O)Nc1cccc(C)c1. The first-order valence-corrected chi connectivity index (χ1v) is 10.8. The molecule has 28 heavy (non-hydrogen) atoms. The molecule has 0 saturated carbocycles. The van der Waals surface area contributed by atoms with E-state index in [-0.39, 0.29) is 6.42 Å². The Bertz CT molecular complexity index is 963. The molecule has 150 valence electrons. The summed E-state index contributed by atoms with van der Waals surface area (Å²) in [6.45, 7) is 7.17. The molecular formula is C21H26N2O4S. The molecule has 6 nitrogen and oxygen atoms in total. The number of sulfone groups is 1. The molecule has 0 spiro atoms. The minimum Gasteiger partial charge on any atom is -0.325 e. The Morgan fingerprint density at radius 1 is 0.964 bits per heavy atom. The van der Waals surface area contributed by atoms with Gasteiger partial charge in [0.15, 0.2) is 9.84 Å². The van der Waals surface area contributed by atoms with Crippen LogP contribution in [0.15, 0.2) is 42.5 Å². The number of carbonyl (C=O) groups is 2. The Morgan fingerprint density at radius 2 is 1.57 bits per heavy atom. The van der Waals surface area contributed by atoms with E-state index in [1.54, 1.807) is 25.1 Å². The first-order chi connectivity index (χ1) is 13.1. The van der Waals surface area contributed by atoms with Gasteiger partial charge in [-0.2, -0.15) is 0 Å². The van der Waals surface area contributed by atoms with E-state index >= 15 is 0 Å². The third-order valence-electron chi connectivity index (χ3n) is 4.46. The lowest BCUT2D eigenvalue weighted by Gasteiger charge is -2.18. The fraction of sp³-hybridized carbons (Fsp3) is 0.333. The van der Waals surface area contributed by atoms with E-state index in [2.05, 4.69) is 10.6 Å². The van der Waals surface area contributed by atoms with Crippen molar-refractivity contribution in [1.82, 2.24) is 0 Å². The summed E-state index contributed by atoms with van der Waals surface area (Å²) >= 11 is 0. The van der Waals surface area contributed by atoms with Crippen molar-refractivity contribution in [2.45, 2.75) is 39.4 Å². The molecule has 2 aromatic carbocycles. The van der Waals surface area contributed by atoms with Crippen LogP contribution in [0.2, 0.25) is 0 Å². The monoisotopic (exact) mass is 402 g/mol.